The van der Waals surface area contributed by atoms with Crippen LogP contribution in [0, 0.1) is 13.8 Å². The third kappa shape index (κ3) is 1.30. The van der Waals surface area contributed by atoms with Gasteiger partial charge >= 0.3 is 0 Å². The molecule has 1 aromatic carbocycles. The Morgan fingerprint density at radius 3 is 2.40 bits per heavy atom. The molecule has 0 unspecified atom stereocenters. The normalized spacial score (nSPS) is 10.0. The summed E-state index contributed by atoms with van der Waals surface area (Å²) in [6, 6.07) is 3.86. The van der Waals surface area contributed by atoms with E-state index >= 15 is 0 Å². The molecule has 0 aliphatic heterocycles. The van der Waals surface area contributed by atoms with Gasteiger partial charge in [0.15, 0.2) is 0 Å². The number of aryl methyl sites for hydroxylation is 1. The van der Waals surface area contributed by atoms with Crippen LogP contribution in [0.3, 0.4) is 0 Å². The predicted octanol–water partition coefficient (Wildman–Crippen LogP) is 3.25. The van der Waals surface area contributed by atoms with Crippen LogP contribution in [0.15, 0.2) is 17.0 Å². The fraction of sp³-hybridized carbons (Fsp3) is 0.250. The SMILES string of the molecule is Cc1ccc(Cl)c(C)c1S. The lowest BCUT2D eigenvalue weighted by Crippen LogP contribution is -1.81. The first-order valence-corrected chi connectivity index (χ1v) is 3.90. The lowest BCUT2D eigenvalue weighted by atomic mass is 10.1. The highest BCUT2D eigenvalue weighted by Crippen LogP contribution is 2.24. The fourth-order valence-corrected chi connectivity index (χ4v) is 1.23. The largest absolute Gasteiger partial charge is 0.143 e. The Morgan fingerprint density at radius 1 is 1.30 bits per heavy atom. The highest BCUT2D eigenvalue weighted by atomic mass is 35.5. The van der Waals surface area contributed by atoms with Crippen molar-refractivity contribution in [2.24, 2.45) is 0 Å². The number of thiol groups is 1. The molecule has 0 saturated heterocycles. The van der Waals surface area contributed by atoms with E-state index in [1.54, 1.807) is 0 Å². The molecule has 10 heavy (non-hydrogen) atoms. The molecule has 1 rings (SSSR count). The molecule has 2 heteroatoms. The van der Waals surface area contributed by atoms with Gasteiger partial charge in [-0.1, -0.05) is 17.7 Å². The Bertz CT molecular complexity index is 229. The molecular formula is C8H9ClS. The molecule has 54 valence electrons. The van der Waals surface area contributed by atoms with Gasteiger partial charge in [-0.05, 0) is 31.0 Å². The van der Waals surface area contributed by atoms with Gasteiger partial charge in [0.2, 0.25) is 0 Å². The molecule has 0 aliphatic rings. The van der Waals surface area contributed by atoms with Gasteiger partial charge in [0, 0.05) is 9.92 Å². The third-order valence-corrected chi connectivity index (χ3v) is 2.66. The molecule has 1 aromatic rings. The summed E-state index contributed by atoms with van der Waals surface area (Å²) in [5, 5.41) is 0.788. The highest BCUT2D eigenvalue weighted by molar-refractivity contribution is 7.80. The second kappa shape index (κ2) is 2.85. The molecule has 0 amide bonds. The first-order chi connectivity index (χ1) is 4.63. The minimum Gasteiger partial charge on any atom is -0.143 e. The van der Waals surface area contributed by atoms with E-state index < -0.39 is 0 Å². The standard InChI is InChI=1S/C8H9ClS/c1-5-3-4-7(9)6(2)8(5)10/h3-4,10H,1-2H3. The Labute approximate surface area is 71.6 Å². The zero-order valence-electron chi connectivity index (χ0n) is 5.98. The van der Waals surface area contributed by atoms with Crippen LogP contribution in [0.5, 0.6) is 0 Å². The zero-order valence-corrected chi connectivity index (χ0v) is 7.63. The van der Waals surface area contributed by atoms with Crippen molar-refractivity contribution in [2.45, 2.75) is 18.7 Å². The predicted molar refractivity (Wildman–Crippen MR) is 48.2 cm³/mol. The highest BCUT2D eigenvalue weighted by Gasteiger charge is 2.00. The van der Waals surface area contributed by atoms with Crippen LogP contribution in [0.4, 0.5) is 0 Å². The maximum Gasteiger partial charge on any atom is 0.0446 e. The fourth-order valence-electron chi connectivity index (χ4n) is 0.811. The molecule has 0 spiro atoms. The van der Waals surface area contributed by atoms with Gasteiger partial charge in [0.05, 0.1) is 0 Å². The van der Waals surface area contributed by atoms with Gasteiger partial charge in [-0.25, -0.2) is 0 Å². The van der Waals surface area contributed by atoms with Crippen LogP contribution in [-0.4, -0.2) is 0 Å². The van der Waals surface area contributed by atoms with Gasteiger partial charge in [-0.2, -0.15) is 0 Å². The monoisotopic (exact) mass is 172 g/mol. The lowest BCUT2D eigenvalue weighted by molar-refractivity contribution is 1.23. The smallest absolute Gasteiger partial charge is 0.0446 e. The van der Waals surface area contributed by atoms with Gasteiger partial charge in [0.25, 0.3) is 0 Å². The molecule has 0 N–H and O–H groups in total. The van der Waals surface area contributed by atoms with Crippen molar-refractivity contribution in [3.05, 3.63) is 28.3 Å². The van der Waals surface area contributed by atoms with Gasteiger partial charge in [-0.3, -0.25) is 0 Å². The van der Waals surface area contributed by atoms with Crippen molar-refractivity contribution >= 4 is 24.2 Å². The first-order valence-electron chi connectivity index (χ1n) is 3.07. The molecule has 0 aromatic heterocycles. The number of hydrogen-bond donors (Lipinski definition) is 1. The summed E-state index contributed by atoms with van der Waals surface area (Å²) in [4.78, 5) is 0.993. The quantitative estimate of drug-likeness (QED) is 0.571. The number of halogens is 1. The molecule has 0 fully saturated rings. The van der Waals surface area contributed by atoms with E-state index in [1.807, 2.05) is 26.0 Å². The lowest BCUT2D eigenvalue weighted by Gasteiger charge is -2.03. The average Bonchev–Trinajstić information content (AvgIpc) is 1.93. The van der Waals surface area contributed by atoms with E-state index in [0.717, 1.165) is 15.5 Å². The van der Waals surface area contributed by atoms with E-state index in [2.05, 4.69) is 12.6 Å². The Kier molecular flexibility index (Phi) is 2.27. The zero-order chi connectivity index (χ0) is 7.72. The minimum absolute atomic E-state index is 0.788. The van der Waals surface area contributed by atoms with E-state index in [9.17, 15) is 0 Å². The molecule has 0 radical (unpaired) electrons. The van der Waals surface area contributed by atoms with E-state index in [0.29, 0.717) is 0 Å². The summed E-state index contributed by atoms with van der Waals surface area (Å²) >= 11 is 10.1. The number of rotatable bonds is 0. The topological polar surface area (TPSA) is 0 Å². The second-order valence-electron chi connectivity index (χ2n) is 2.34. The number of benzene rings is 1. The van der Waals surface area contributed by atoms with Gasteiger partial charge < -0.3 is 0 Å². The summed E-state index contributed by atoms with van der Waals surface area (Å²) in [6.07, 6.45) is 0. The van der Waals surface area contributed by atoms with E-state index in [-0.39, 0.29) is 0 Å². The molecule has 0 atom stereocenters. The molecule has 0 saturated carbocycles. The summed E-state index contributed by atoms with van der Waals surface area (Å²) in [6.45, 7) is 3.99. The van der Waals surface area contributed by atoms with Crippen molar-refractivity contribution < 1.29 is 0 Å². The van der Waals surface area contributed by atoms with Crippen molar-refractivity contribution in [1.82, 2.24) is 0 Å². The van der Waals surface area contributed by atoms with E-state index in [1.165, 1.54) is 5.56 Å². The van der Waals surface area contributed by atoms with Crippen molar-refractivity contribution in [3.8, 4) is 0 Å². The van der Waals surface area contributed by atoms with Crippen LogP contribution in [-0.2, 0) is 0 Å². The molecule has 0 nitrogen and oxygen atoms in total. The van der Waals surface area contributed by atoms with E-state index in [4.69, 9.17) is 11.6 Å². The summed E-state index contributed by atoms with van der Waals surface area (Å²) in [7, 11) is 0. The summed E-state index contributed by atoms with van der Waals surface area (Å²) < 4.78 is 0. The Hall–Kier alpha value is -0.140. The van der Waals surface area contributed by atoms with Gasteiger partial charge in [-0.15, -0.1) is 12.6 Å². The summed E-state index contributed by atoms with van der Waals surface area (Å²) in [5.74, 6) is 0. The molecule has 0 bridgehead atoms. The Balaban J connectivity index is 3.34. The molecule has 0 aliphatic carbocycles. The second-order valence-corrected chi connectivity index (χ2v) is 3.19. The van der Waals surface area contributed by atoms with Crippen molar-refractivity contribution in [1.29, 1.82) is 0 Å². The van der Waals surface area contributed by atoms with Crippen molar-refractivity contribution in [3.63, 3.8) is 0 Å². The molecular weight excluding hydrogens is 164 g/mol. The minimum atomic E-state index is 0.788. The average molecular weight is 173 g/mol. The van der Waals surface area contributed by atoms with Crippen LogP contribution in [0.1, 0.15) is 11.1 Å². The maximum atomic E-state index is 5.84. The summed E-state index contributed by atoms with van der Waals surface area (Å²) in [5.41, 5.74) is 2.23. The Morgan fingerprint density at radius 2 is 1.90 bits per heavy atom. The molecule has 0 heterocycles. The number of hydrogen-bond acceptors (Lipinski definition) is 1. The maximum absolute atomic E-state index is 5.84. The van der Waals surface area contributed by atoms with Crippen LogP contribution < -0.4 is 0 Å². The first kappa shape index (κ1) is 7.96. The van der Waals surface area contributed by atoms with Crippen molar-refractivity contribution in [2.75, 3.05) is 0 Å². The van der Waals surface area contributed by atoms with Crippen LogP contribution in [0.25, 0.3) is 0 Å². The third-order valence-electron chi connectivity index (χ3n) is 1.57. The van der Waals surface area contributed by atoms with Gasteiger partial charge in [0.1, 0.15) is 0 Å². The van der Waals surface area contributed by atoms with Crippen LogP contribution in [0.2, 0.25) is 5.02 Å². The van der Waals surface area contributed by atoms with Crippen LogP contribution >= 0.6 is 24.2 Å².